The van der Waals surface area contributed by atoms with Crippen molar-refractivity contribution in [2.24, 2.45) is 0 Å². The number of hydrogen-bond donors (Lipinski definition) is 1. The third kappa shape index (κ3) is 2.50. The number of carboxylic acids is 1. The van der Waals surface area contributed by atoms with Crippen molar-refractivity contribution in [3.63, 3.8) is 0 Å². The molecule has 1 N–H and O–H groups in total. The fraction of sp³-hybridized carbons (Fsp3) is 0.286. The summed E-state index contributed by atoms with van der Waals surface area (Å²) < 4.78 is 12.7. The first kappa shape index (κ1) is 12.7. The van der Waals surface area contributed by atoms with E-state index in [-0.39, 0.29) is 11.7 Å². The minimum atomic E-state index is -1.03. The molecule has 0 radical (unpaired) electrons. The Labute approximate surface area is 115 Å². The van der Waals surface area contributed by atoms with Gasteiger partial charge in [0.15, 0.2) is 0 Å². The molecule has 1 aliphatic rings. The van der Waals surface area contributed by atoms with Crippen molar-refractivity contribution in [3.8, 4) is 5.88 Å². The third-order valence-corrected chi connectivity index (χ3v) is 3.13. The molecule has 0 amide bonds. The summed E-state index contributed by atoms with van der Waals surface area (Å²) in [5.74, 6) is -0.730. The Bertz CT molecular complexity index is 609. The number of fused-ring (bicyclic) bond motifs is 1. The van der Waals surface area contributed by atoms with Gasteiger partial charge in [-0.15, -0.1) is 0 Å². The first-order chi connectivity index (χ1) is 9.74. The fourth-order valence-corrected chi connectivity index (χ4v) is 2.11. The van der Waals surface area contributed by atoms with Crippen LogP contribution in [0.4, 0.5) is 0 Å². The maximum absolute atomic E-state index is 11.0. The predicted octanol–water partition coefficient (Wildman–Crippen LogP) is 1.56. The topological polar surface area (TPSA) is 73.6 Å². The summed E-state index contributed by atoms with van der Waals surface area (Å²) in [7, 11) is 0. The summed E-state index contributed by atoms with van der Waals surface area (Å²) in [6.45, 7) is 1.32. The highest BCUT2D eigenvalue weighted by Crippen LogP contribution is 2.23. The standard InChI is InChI=1S/C14H14N2O4/c17-14(18)12-6-15-16-7-11(9-20-13(12)16)19-8-10-4-2-1-3-5-10/h1-6,11H,7-9H2,(H,17,18)/t11-/m0/s1. The van der Waals surface area contributed by atoms with Crippen molar-refractivity contribution >= 4 is 5.97 Å². The van der Waals surface area contributed by atoms with Crippen LogP contribution >= 0.6 is 0 Å². The lowest BCUT2D eigenvalue weighted by molar-refractivity contribution is -0.0221. The van der Waals surface area contributed by atoms with Gasteiger partial charge >= 0.3 is 5.97 Å². The average molecular weight is 274 g/mol. The lowest BCUT2D eigenvalue weighted by atomic mass is 10.2. The van der Waals surface area contributed by atoms with Crippen LogP contribution in [0.15, 0.2) is 36.5 Å². The second kappa shape index (κ2) is 5.34. The maximum atomic E-state index is 11.0. The SMILES string of the molecule is O=C(O)c1cnn2c1OC[C@@H](OCc1ccccc1)C2. The maximum Gasteiger partial charge on any atom is 0.342 e. The van der Waals surface area contributed by atoms with Gasteiger partial charge in [0.2, 0.25) is 5.88 Å². The van der Waals surface area contributed by atoms with Crippen molar-refractivity contribution in [2.75, 3.05) is 6.61 Å². The predicted molar refractivity (Wildman–Crippen MR) is 69.7 cm³/mol. The molecule has 0 aliphatic carbocycles. The summed E-state index contributed by atoms with van der Waals surface area (Å²) in [4.78, 5) is 11.0. The molecular formula is C14H14N2O4. The molecule has 3 rings (SSSR count). The largest absolute Gasteiger partial charge is 0.477 e. The van der Waals surface area contributed by atoms with E-state index >= 15 is 0 Å². The van der Waals surface area contributed by atoms with Crippen molar-refractivity contribution < 1.29 is 19.4 Å². The lowest BCUT2D eigenvalue weighted by Gasteiger charge is -2.24. The molecule has 20 heavy (non-hydrogen) atoms. The Morgan fingerprint density at radius 3 is 3.00 bits per heavy atom. The molecule has 0 fully saturated rings. The molecule has 6 nitrogen and oxygen atoms in total. The van der Waals surface area contributed by atoms with Gasteiger partial charge in [0.1, 0.15) is 18.3 Å². The summed E-state index contributed by atoms with van der Waals surface area (Å²) >= 11 is 0. The minimum Gasteiger partial charge on any atom is -0.477 e. The second-order valence-electron chi connectivity index (χ2n) is 4.58. The molecule has 1 aliphatic heterocycles. The Balaban J connectivity index is 1.63. The Kier molecular flexibility index (Phi) is 3.39. The number of carbonyl (C=O) groups is 1. The summed E-state index contributed by atoms with van der Waals surface area (Å²) in [6.07, 6.45) is 1.17. The zero-order valence-corrected chi connectivity index (χ0v) is 10.7. The van der Waals surface area contributed by atoms with Gasteiger partial charge < -0.3 is 14.6 Å². The van der Waals surface area contributed by atoms with Gasteiger partial charge in [-0.2, -0.15) is 5.10 Å². The van der Waals surface area contributed by atoms with Crippen molar-refractivity contribution in [2.45, 2.75) is 19.3 Å². The average Bonchev–Trinajstić information content (AvgIpc) is 2.89. The number of aromatic carboxylic acids is 1. The van der Waals surface area contributed by atoms with E-state index in [0.29, 0.717) is 25.6 Å². The molecule has 0 unspecified atom stereocenters. The molecule has 2 aromatic rings. The Morgan fingerprint density at radius 2 is 2.25 bits per heavy atom. The van der Waals surface area contributed by atoms with Crippen LogP contribution in [0.5, 0.6) is 5.88 Å². The number of carboxylic acid groups (broad SMARTS) is 1. The van der Waals surface area contributed by atoms with Crippen molar-refractivity contribution in [1.29, 1.82) is 0 Å². The molecule has 1 atom stereocenters. The van der Waals surface area contributed by atoms with Crippen LogP contribution in [0.25, 0.3) is 0 Å². The van der Waals surface area contributed by atoms with E-state index in [1.165, 1.54) is 10.9 Å². The molecule has 1 aromatic carbocycles. The van der Waals surface area contributed by atoms with Crippen LogP contribution in [-0.4, -0.2) is 33.6 Å². The fourth-order valence-electron chi connectivity index (χ4n) is 2.11. The van der Waals surface area contributed by atoms with Crippen LogP contribution in [0.3, 0.4) is 0 Å². The summed E-state index contributed by atoms with van der Waals surface area (Å²) in [6, 6.07) is 9.86. The van der Waals surface area contributed by atoms with Gasteiger partial charge in [-0.25, -0.2) is 9.48 Å². The lowest BCUT2D eigenvalue weighted by Crippen LogP contribution is -2.33. The van der Waals surface area contributed by atoms with E-state index < -0.39 is 5.97 Å². The molecule has 0 spiro atoms. The highest BCUT2D eigenvalue weighted by molar-refractivity contribution is 5.90. The van der Waals surface area contributed by atoms with Crippen molar-refractivity contribution in [3.05, 3.63) is 47.7 Å². The van der Waals surface area contributed by atoms with E-state index in [2.05, 4.69) is 5.10 Å². The first-order valence-corrected chi connectivity index (χ1v) is 6.31. The van der Waals surface area contributed by atoms with E-state index in [1.807, 2.05) is 30.3 Å². The highest BCUT2D eigenvalue weighted by atomic mass is 16.5. The molecule has 104 valence electrons. The number of benzene rings is 1. The normalized spacial score (nSPS) is 17.3. The van der Waals surface area contributed by atoms with Gasteiger partial charge in [-0.05, 0) is 5.56 Å². The Hall–Kier alpha value is -2.34. The summed E-state index contributed by atoms with van der Waals surface area (Å²) in [5.41, 5.74) is 1.18. The molecule has 2 heterocycles. The van der Waals surface area contributed by atoms with Gasteiger partial charge in [-0.3, -0.25) is 0 Å². The monoisotopic (exact) mass is 274 g/mol. The number of ether oxygens (including phenoxy) is 2. The zero-order valence-electron chi connectivity index (χ0n) is 10.7. The minimum absolute atomic E-state index is 0.0894. The van der Waals surface area contributed by atoms with E-state index in [0.717, 1.165) is 5.56 Å². The number of nitrogens with zero attached hydrogens (tertiary/aromatic N) is 2. The van der Waals surface area contributed by atoms with Crippen LogP contribution in [-0.2, 0) is 17.9 Å². The van der Waals surface area contributed by atoms with Gasteiger partial charge in [-0.1, -0.05) is 30.3 Å². The van der Waals surface area contributed by atoms with Crippen LogP contribution in [0.1, 0.15) is 15.9 Å². The number of hydrogen-bond acceptors (Lipinski definition) is 4. The van der Waals surface area contributed by atoms with E-state index in [1.54, 1.807) is 0 Å². The first-order valence-electron chi connectivity index (χ1n) is 6.31. The van der Waals surface area contributed by atoms with Crippen LogP contribution in [0.2, 0.25) is 0 Å². The van der Waals surface area contributed by atoms with Crippen molar-refractivity contribution in [1.82, 2.24) is 9.78 Å². The number of rotatable bonds is 4. The van der Waals surface area contributed by atoms with Gasteiger partial charge in [0.25, 0.3) is 0 Å². The molecule has 0 saturated heterocycles. The quantitative estimate of drug-likeness (QED) is 0.915. The van der Waals surface area contributed by atoms with Gasteiger partial charge in [0.05, 0.1) is 19.3 Å². The van der Waals surface area contributed by atoms with Crippen LogP contribution < -0.4 is 4.74 Å². The molecular weight excluding hydrogens is 260 g/mol. The highest BCUT2D eigenvalue weighted by Gasteiger charge is 2.26. The zero-order chi connectivity index (χ0) is 13.9. The third-order valence-electron chi connectivity index (χ3n) is 3.13. The van der Waals surface area contributed by atoms with E-state index in [4.69, 9.17) is 14.6 Å². The van der Waals surface area contributed by atoms with E-state index in [9.17, 15) is 4.79 Å². The van der Waals surface area contributed by atoms with Gasteiger partial charge in [0, 0.05) is 0 Å². The Morgan fingerprint density at radius 1 is 1.45 bits per heavy atom. The molecule has 0 bridgehead atoms. The van der Waals surface area contributed by atoms with Crippen LogP contribution in [0, 0.1) is 0 Å². The second-order valence-corrected chi connectivity index (χ2v) is 4.58. The molecule has 6 heteroatoms. The molecule has 1 aromatic heterocycles. The molecule has 0 saturated carbocycles. The summed E-state index contributed by atoms with van der Waals surface area (Å²) in [5, 5.41) is 13.0. The smallest absolute Gasteiger partial charge is 0.342 e. The number of aromatic nitrogens is 2.